The number of para-hydroxylation sites is 1. The van der Waals surface area contributed by atoms with Crippen molar-refractivity contribution in [3.63, 3.8) is 0 Å². The summed E-state index contributed by atoms with van der Waals surface area (Å²) >= 11 is 0. The number of hydrogen-bond donors (Lipinski definition) is 3. The largest absolute Gasteiger partial charge is 0.361 e. The van der Waals surface area contributed by atoms with Gasteiger partial charge in [-0.1, -0.05) is 32.0 Å². The predicted octanol–water partition coefficient (Wildman–Crippen LogP) is 2.38. The van der Waals surface area contributed by atoms with Crippen molar-refractivity contribution in [1.82, 2.24) is 15.6 Å². The molecule has 5 heteroatoms. The summed E-state index contributed by atoms with van der Waals surface area (Å²) in [6.07, 6.45) is 2.36. The zero-order valence-corrected chi connectivity index (χ0v) is 14.1. The number of amides is 2. The molecule has 0 saturated carbocycles. The first-order valence-corrected chi connectivity index (χ1v) is 8.04. The average Bonchev–Trinajstić information content (AvgIpc) is 2.89. The van der Waals surface area contributed by atoms with Crippen LogP contribution in [0.25, 0.3) is 10.9 Å². The number of carbonyl (C=O) groups is 2. The molecule has 1 atom stereocenters. The molecule has 0 bridgehead atoms. The van der Waals surface area contributed by atoms with Gasteiger partial charge in [0, 0.05) is 35.5 Å². The van der Waals surface area contributed by atoms with Crippen LogP contribution >= 0.6 is 0 Å². The van der Waals surface area contributed by atoms with Crippen LogP contribution in [-0.4, -0.2) is 28.9 Å². The second kappa shape index (κ2) is 7.31. The van der Waals surface area contributed by atoms with Gasteiger partial charge in [-0.25, -0.2) is 0 Å². The number of carbonyl (C=O) groups excluding carboxylic acids is 2. The van der Waals surface area contributed by atoms with Gasteiger partial charge in [-0.15, -0.1) is 0 Å². The van der Waals surface area contributed by atoms with Crippen molar-refractivity contribution in [3.8, 4) is 0 Å². The summed E-state index contributed by atoms with van der Waals surface area (Å²) in [6, 6.07) is 7.40. The lowest BCUT2D eigenvalue weighted by atomic mass is 10.0. The molecule has 0 aliphatic heterocycles. The lowest BCUT2D eigenvalue weighted by Gasteiger charge is -2.21. The summed E-state index contributed by atoms with van der Waals surface area (Å²) in [7, 11) is 0. The highest BCUT2D eigenvalue weighted by atomic mass is 16.2. The Morgan fingerprint density at radius 3 is 2.39 bits per heavy atom. The van der Waals surface area contributed by atoms with Crippen LogP contribution in [0.15, 0.2) is 30.5 Å². The van der Waals surface area contributed by atoms with Crippen LogP contribution in [0.1, 0.15) is 33.3 Å². The Morgan fingerprint density at radius 2 is 1.74 bits per heavy atom. The van der Waals surface area contributed by atoms with Crippen LogP contribution in [0.4, 0.5) is 0 Å². The Labute approximate surface area is 136 Å². The molecule has 2 rings (SSSR count). The fourth-order valence-corrected chi connectivity index (χ4v) is 2.45. The zero-order chi connectivity index (χ0) is 17.0. The fourth-order valence-electron chi connectivity index (χ4n) is 2.45. The molecular weight excluding hydrogens is 290 g/mol. The molecule has 2 amide bonds. The molecule has 23 heavy (non-hydrogen) atoms. The van der Waals surface area contributed by atoms with E-state index in [0.29, 0.717) is 6.42 Å². The molecular formula is C18H25N3O2. The summed E-state index contributed by atoms with van der Waals surface area (Å²) in [4.78, 5) is 27.7. The van der Waals surface area contributed by atoms with Crippen LogP contribution in [0, 0.1) is 5.92 Å². The molecule has 0 fully saturated rings. The third-order valence-electron chi connectivity index (χ3n) is 3.69. The first-order chi connectivity index (χ1) is 10.9. The number of aromatic amines is 1. The van der Waals surface area contributed by atoms with E-state index < -0.39 is 6.04 Å². The van der Waals surface area contributed by atoms with E-state index in [9.17, 15) is 9.59 Å². The van der Waals surface area contributed by atoms with Gasteiger partial charge in [0.05, 0.1) is 0 Å². The van der Waals surface area contributed by atoms with Gasteiger partial charge in [0.1, 0.15) is 6.04 Å². The Kier molecular flexibility index (Phi) is 5.42. The summed E-state index contributed by atoms with van der Waals surface area (Å²) in [5.41, 5.74) is 2.05. The number of H-pyrrole nitrogens is 1. The highest BCUT2D eigenvalue weighted by molar-refractivity contribution is 5.90. The van der Waals surface area contributed by atoms with E-state index in [1.807, 2.05) is 58.2 Å². The molecule has 0 saturated heterocycles. The van der Waals surface area contributed by atoms with E-state index in [4.69, 9.17) is 0 Å². The molecule has 1 aromatic carbocycles. The minimum atomic E-state index is -0.577. The van der Waals surface area contributed by atoms with E-state index in [1.54, 1.807) is 0 Å². The van der Waals surface area contributed by atoms with Crippen LogP contribution in [0.3, 0.4) is 0 Å². The van der Waals surface area contributed by atoms with E-state index >= 15 is 0 Å². The lowest BCUT2D eigenvalue weighted by molar-refractivity contribution is -0.130. The maximum atomic E-state index is 12.4. The number of fused-ring (bicyclic) bond motifs is 1. The van der Waals surface area contributed by atoms with Crippen molar-refractivity contribution >= 4 is 22.7 Å². The highest BCUT2D eigenvalue weighted by Gasteiger charge is 2.23. The maximum absolute atomic E-state index is 12.4. The molecule has 5 nitrogen and oxygen atoms in total. The van der Waals surface area contributed by atoms with Crippen molar-refractivity contribution in [3.05, 3.63) is 36.0 Å². The Balaban J connectivity index is 2.22. The summed E-state index contributed by atoms with van der Waals surface area (Å²) in [5.74, 6) is -0.430. The summed E-state index contributed by atoms with van der Waals surface area (Å²) < 4.78 is 0. The van der Waals surface area contributed by atoms with Gasteiger partial charge in [0.25, 0.3) is 0 Å². The monoisotopic (exact) mass is 315 g/mol. The second-order valence-corrected chi connectivity index (χ2v) is 6.44. The Morgan fingerprint density at radius 1 is 1.04 bits per heavy atom. The highest BCUT2D eigenvalue weighted by Crippen LogP contribution is 2.19. The molecule has 0 aliphatic rings. The average molecular weight is 315 g/mol. The molecule has 1 heterocycles. The Hall–Kier alpha value is -2.30. The van der Waals surface area contributed by atoms with Crippen LogP contribution < -0.4 is 10.6 Å². The second-order valence-electron chi connectivity index (χ2n) is 6.44. The summed E-state index contributed by atoms with van der Waals surface area (Å²) in [5, 5.41) is 6.82. The van der Waals surface area contributed by atoms with Crippen molar-refractivity contribution in [2.45, 2.75) is 46.2 Å². The standard InChI is InChI=1S/C18H25N3O2/c1-11(2)17(22)21-16(18(23)20-12(3)4)9-13-10-19-15-8-6-5-7-14(13)15/h5-8,10-12,16,19H,9H2,1-4H3,(H,20,23)(H,21,22)/t16-/m0/s1. The molecule has 0 aliphatic carbocycles. The first kappa shape index (κ1) is 17.1. The van der Waals surface area contributed by atoms with E-state index in [1.165, 1.54) is 0 Å². The number of rotatable bonds is 6. The third kappa shape index (κ3) is 4.34. The fraction of sp³-hybridized carbons (Fsp3) is 0.444. The van der Waals surface area contributed by atoms with Gasteiger partial charge in [-0.05, 0) is 25.5 Å². The van der Waals surface area contributed by atoms with Crippen molar-refractivity contribution in [2.75, 3.05) is 0 Å². The van der Waals surface area contributed by atoms with Crippen LogP contribution in [0.2, 0.25) is 0 Å². The Bertz CT molecular complexity index is 688. The minimum Gasteiger partial charge on any atom is -0.361 e. The van der Waals surface area contributed by atoms with Crippen LogP contribution in [0.5, 0.6) is 0 Å². The molecule has 0 unspecified atom stereocenters. The van der Waals surface area contributed by atoms with Crippen molar-refractivity contribution < 1.29 is 9.59 Å². The number of hydrogen-bond acceptors (Lipinski definition) is 2. The van der Waals surface area contributed by atoms with E-state index in [0.717, 1.165) is 16.5 Å². The normalized spacial score (nSPS) is 12.6. The van der Waals surface area contributed by atoms with Crippen molar-refractivity contribution in [1.29, 1.82) is 0 Å². The number of nitrogens with one attached hydrogen (secondary N) is 3. The topological polar surface area (TPSA) is 74.0 Å². The maximum Gasteiger partial charge on any atom is 0.243 e. The van der Waals surface area contributed by atoms with Gasteiger partial charge in [0.15, 0.2) is 0 Å². The molecule has 0 spiro atoms. The van der Waals surface area contributed by atoms with Crippen LogP contribution in [-0.2, 0) is 16.0 Å². The number of benzene rings is 1. The van der Waals surface area contributed by atoms with Crippen molar-refractivity contribution in [2.24, 2.45) is 5.92 Å². The third-order valence-corrected chi connectivity index (χ3v) is 3.69. The predicted molar refractivity (Wildman–Crippen MR) is 92.1 cm³/mol. The summed E-state index contributed by atoms with van der Waals surface area (Å²) in [6.45, 7) is 7.45. The van der Waals surface area contributed by atoms with Gasteiger partial charge >= 0.3 is 0 Å². The SMILES string of the molecule is CC(C)NC(=O)[C@H](Cc1c[nH]c2ccccc12)NC(=O)C(C)C. The van der Waals surface area contributed by atoms with E-state index in [-0.39, 0.29) is 23.8 Å². The minimum absolute atomic E-state index is 0.0314. The molecule has 1 aromatic heterocycles. The molecule has 2 aromatic rings. The van der Waals surface area contributed by atoms with Gasteiger partial charge in [0.2, 0.25) is 11.8 Å². The first-order valence-electron chi connectivity index (χ1n) is 8.04. The molecule has 0 radical (unpaired) electrons. The quantitative estimate of drug-likeness (QED) is 0.765. The lowest BCUT2D eigenvalue weighted by Crippen LogP contribution is -2.50. The molecule has 124 valence electrons. The van der Waals surface area contributed by atoms with Gasteiger partial charge in [-0.3, -0.25) is 9.59 Å². The van der Waals surface area contributed by atoms with Gasteiger partial charge in [-0.2, -0.15) is 0 Å². The zero-order valence-electron chi connectivity index (χ0n) is 14.1. The van der Waals surface area contributed by atoms with E-state index in [2.05, 4.69) is 15.6 Å². The number of aromatic nitrogens is 1. The smallest absolute Gasteiger partial charge is 0.243 e. The van der Waals surface area contributed by atoms with Gasteiger partial charge < -0.3 is 15.6 Å². The molecule has 3 N–H and O–H groups in total.